The Morgan fingerprint density at radius 3 is 2.64 bits per heavy atom. The van der Waals surface area contributed by atoms with Gasteiger partial charge in [-0.1, -0.05) is 13.8 Å². The fourth-order valence-corrected chi connectivity index (χ4v) is 6.06. The van der Waals surface area contributed by atoms with Crippen LogP contribution in [0.3, 0.4) is 0 Å². The smallest absolute Gasteiger partial charge is 0.336 e. The summed E-state index contributed by atoms with van der Waals surface area (Å²) in [6.45, 7) is 15.0. The minimum atomic E-state index is -0.188. The van der Waals surface area contributed by atoms with Gasteiger partial charge in [0, 0.05) is 13.1 Å². The Bertz CT molecular complexity index is 719. The molecule has 5 rings (SSSR count). The second-order valence-electron chi connectivity index (χ2n) is 8.44. The van der Waals surface area contributed by atoms with Crippen LogP contribution in [0.15, 0.2) is 35.0 Å². The molecule has 0 aromatic heterocycles. The molecule has 0 N–H and O–H groups in total. The predicted octanol–water partition coefficient (Wildman–Crippen LogP) is 4.97. The maximum Gasteiger partial charge on any atom is 0.336 e. The van der Waals surface area contributed by atoms with Crippen molar-refractivity contribution in [3.63, 3.8) is 0 Å². The van der Waals surface area contributed by atoms with E-state index in [0.29, 0.717) is 24.4 Å². The van der Waals surface area contributed by atoms with Crippen LogP contribution in [-0.2, 0) is 14.3 Å². The molecular formula is C23H36N2O3. The fraction of sp³-hybridized carbons (Fsp3) is 0.696. The van der Waals surface area contributed by atoms with Gasteiger partial charge in [-0.3, -0.25) is 0 Å². The summed E-state index contributed by atoms with van der Waals surface area (Å²) in [6, 6.07) is 0. The van der Waals surface area contributed by atoms with Crippen molar-refractivity contribution in [3.8, 4) is 0 Å². The summed E-state index contributed by atoms with van der Waals surface area (Å²) in [4.78, 5) is 12.0. The average molecular weight is 389 g/mol. The number of nitrogens with zero attached hydrogens (tertiary/aromatic N) is 2. The Morgan fingerprint density at radius 1 is 1.21 bits per heavy atom. The highest BCUT2D eigenvalue weighted by Gasteiger charge is 2.60. The van der Waals surface area contributed by atoms with Gasteiger partial charge in [0.1, 0.15) is 6.61 Å². The zero-order valence-corrected chi connectivity index (χ0v) is 17.7. The number of ether oxygens (including phenoxy) is 2. The van der Waals surface area contributed by atoms with Crippen molar-refractivity contribution in [1.29, 1.82) is 0 Å². The summed E-state index contributed by atoms with van der Waals surface area (Å²) < 4.78 is 11.6. The van der Waals surface area contributed by atoms with E-state index in [2.05, 4.69) is 43.4 Å². The van der Waals surface area contributed by atoms with Gasteiger partial charge in [-0.25, -0.2) is 4.79 Å². The van der Waals surface area contributed by atoms with Crippen LogP contribution in [-0.4, -0.2) is 36.2 Å². The molecule has 156 valence electrons. The van der Waals surface area contributed by atoms with Crippen molar-refractivity contribution < 1.29 is 15.7 Å². The summed E-state index contributed by atoms with van der Waals surface area (Å²) in [5.74, 6) is 1.54. The second kappa shape index (κ2) is 7.94. The van der Waals surface area contributed by atoms with E-state index >= 15 is 0 Å². The monoisotopic (exact) mass is 388 g/mol. The van der Waals surface area contributed by atoms with Gasteiger partial charge in [0.2, 0.25) is 0 Å². The third kappa shape index (κ3) is 3.08. The summed E-state index contributed by atoms with van der Waals surface area (Å²) in [5, 5.41) is 8.64. The van der Waals surface area contributed by atoms with E-state index in [1.807, 2.05) is 19.9 Å². The second-order valence-corrected chi connectivity index (χ2v) is 8.44. The van der Waals surface area contributed by atoms with Crippen LogP contribution in [0.1, 0.15) is 61.2 Å². The summed E-state index contributed by atoms with van der Waals surface area (Å²) in [6.07, 6.45) is 9.24. The largest absolute Gasteiger partial charge is 0.458 e. The molecule has 5 aliphatic rings. The first-order valence-electron chi connectivity index (χ1n) is 10.7. The summed E-state index contributed by atoms with van der Waals surface area (Å²) >= 11 is 0. The Labute approximate surface area is 170 Å². The number of cyclic esters (lactones) is 1. The predicted molar refractivity (Wildman–Crippen MR) is 115 cm³/mol. The molecule has 0 radical (unpaired) electrons. The Kier molecular flexibility index (Phi) is 5.95. The van der Waals surface area contributed by atoms with Gasteiger partial charge in [-0.15, -0.1) is 13.2 Å². The number of fused-ring (bicyclic) bond motifs is 5. The molecule has 0 aromatic rings. The van der Waals surface area contributed by atoms with Crippen molar-refractivity contribution in [2.24, 2.45) is 33.4 Å². The average Bonchev–Trinajstić information content (AvgIpc) is 3.40. The minimum absolute atomic E-state index is 0. The van der Waals surface area contributed by atoms with E-state index in [-0.39, 0.29) is 24.5 Å². The molecule has 5 heteroatoms. The lowest BCUT2D eigenvalue weighted by Crippen LogP contribution is -2.53. The highest BCUT2D eigenvalue weighted by Crippen LogP contribution is 2.59. The molecule has 3 fully saturated rings. The summed E-state index contributed by atoms with van der Waals surface area (Å²) in [5.41, 5.74) is 1.93. The van der Waals surface area contributed by atoms with Crippen molar-refractivity contribution in [3.05, 3.63) is 24.8 Å². The molecule has 6 atom stereocenters. The first-order valence-corrected chi connectivity index (χ1v) is 10.7. The lowest BCUT2D eigenvalue weighted by atomic mass is 9.52. The molecule has 0 aromatic carbocycles. The SMILES string of the molecule is C=C.CC.C[C@@]12CC[C@H]3C(CCC4=NN=C[C@]43C)[C@@H]1C[C@@H](C1=CCOC1=O)O2.[HH]. The zero-order chi connectivity index (χ0) is 20.5. The topological polar surface area (TPSA) is 60.2 Å². The minimum Gasteiger partial charge on any atom is -0.458 e. The molecule has 3 aliphatic heterocycles. The van der Waals surface area contributed by atoms with Crippen LogP contribution in [0.5, 0.6) is 0 Å². The van der Waals surface area contributed by atoms with Crippen LogP contribution >= 0.6 is 0 Å². The maximum atomic E-state index is 12.0. The number of rotatable bonds is 1. The Balaban J connectivity index is 0.000000567. The van der Waals surface area contributed by atoms with Crippen molar-refractivity contribution >= 4 is 17.9 Å². The highest BCUT2D eigenvalue weighted by atomic mass is 16.5. The maximum absolute atomic E-state index is 12.0. The molecule has 1 unspecified atom stereocenters. The molecule has 0 bridgehead atoms. The Morgan fingerprint density at radius 2 is 1.96 bits per heavy atom. The molecular weight excluding hydrogens is 352 g/mol. The molecule has 3 heterocycles. The van der Waals surface area contributed by atoms with E-state index in [9.17, 15) is 4.79 Å². The third-order valence-electron chi connectivity index (χ3n) is 7.36. The van der Waals surface area contributed by atoms with Gasteiger partial charge in [0.15, 0.2) is 0 Å². The number of carbonyl (C=O) groups is 1. The van der Waals surface area contributed by atoms with E-state index in [1.165, 1.54) is 12.1 Å². The van der Waals surface area contributed by atoms with Crippen molar-refractivity contribution in [1.82, 2.24) is 0 Å². The number of carbonyl (C=O) groups excluding carboxylic acids is 1. The van der Waals surface area contributed by atoms with Gasteiger partial charge < -0.3 is 9.47 Å². The van der Waals surface area contributed by atoms with Crippen molar-refractivity contribution in [2.45, 2.75) is 71.5 Å². The van der Waals surface area contributed by atoms with Crippen LogP contribution < -0.4 is 0 Å². The van der Waals surface area contributed by atoms with Crippen molar-refractivity contribution in [2.75, 3.05) is 6.61 Å². The van der Waals surface area contributed by atoms with E-state index < -0.39 is 0 Å². The summed E-state index contributed by atoms with van der Waals surface area (Å²) in [7, 11) is 0. The third-order valence-corrected chi connectivity index (χ3v) is 7.36. The zero-order valence-electron chi connectivity index (χ0n) is 17.7. The van der Waals surface area contributed by atoms with Gasteiger partial charge in [-0.2, -0.15) is 10.2 Å². The van der Waals surface area contributed by atoms with Gasteiger partial charge in [0.05, 0.1) is 23.0 Å². The van der Waals surface area contributed by atoms with E-state index in [4.69, 9.17) is 9.47 Å². The fourth-order valence-electron chi connectivity index (χ4n) is 6.06. The van der Waals surface area contributed by atoms with Crippen LogP contribution in [0.25, 0.3) is 0 Å². The van der Waals surface area contributed by atoms with Gasteiger partial charge in [-0.05, 0) is 69.8 Å². The van der Waals surface area contributed by atoms with Gasteiger partial charge >= 0.3 is 5.97 Å². The molecule has 0 amide bonds. The molecule has 0 spiro atoms. The standard InChI is InChI=1S/C19H24N2O3.C2H6.C2H4.H2/c1-18-10-20-21-16(18)4-3-11-13(18)5-7-19(2)14(11)9-15(24-19)12-6-8-23-17(12)22;2*1-2;/h6,10-11,13-15H,3-5,7-9H2,1-2H3;1-2H3;1-2H2;1H/t11?,13-,14-,15-,18-,19+;;;/m0.../s1. The van der Waals surface area contributed by atoms with Crippen LogP contribution in [0.2, 0.25) is 0 Å². The lowest BCUT2D eigenvalue weighted by molar-refractivity contribution is -0.138. The first kappa shape index (κ1) is 21.0. The molecule has 2 saturated carbocycles. The highest BCUT2D eigenvalue weighted by molar-refractivity contribution is 6.06. The van der Waals surface area contributed by atoms with Gasteiger partial charge in [0.25, 0.3) is 0 Å². The first-order chi connectivity index (χ1) is 13.5. The number of hydrogen-bond donors (Lipinski definition) is 0. The van der Waals surface area contributed by atoms with Crippen LogP contribution in [0, 0.1) is 23.2 Å². The molecule has 28 heavy (non-hydrogen) atoms. The molecule has 1 saturated heterocycles. The van der Waals surface area contributed by atoms with E-state index in [1.54, 1.807) is 0 Å². The quantitative estimate of drug-likeness (QED) is 0.470. The molecule has 5 nitrogen and oxygen atoms in total. The number of esters is 1. The normalized spacial score (nSPS) is 42.5. The van der Waals surface area contributed by atoms with Crippen LogP contribution in [0.4, 0.5) is 0 Å². The molecule has 2 aliphatic carbocycles. The Hall–Kier alpha value is -1.75. The van der Waals surface area contributed by atoms with E-state index in [0.717, 1.165) is 31.3 Å². The number of hydrogen-bond acceptors (Lipinski definition) is 5. The lowest BCUT2D eigenvalue weighted by Gasteiger charge is -2.52.